The molecule has 0 saturated carbocycles. The summed E-state index contributed by atoms with van der Waals surface area (Å²) in [5, 5.41) is 15.3. The van der Waals surface area contributed by atoms with Crippen molar-refractivity contribution in [3.8, 4) is 0 Å². The third-order valence-corrected chi connectivity index (χ3v) is 6.62. The third kappa shape index (κ3) is 6.52. The van der Waals surface area contributed by atoms with E-state index in [-0.39, 0.29) is 17.9 Å². The fourth-order valence-corrected chi connectivity index (χ4v) is 4.89. The first-order valence-electron chi connectivity index (χ1n) is 12.0. The van der Waals surface area contributed by atoms with Crippen LogP contribution in [0.15, 0.2) is 48.7 Å². The molecule has 0 bridgehead atoms. The number of nitrogens with zero attached hydrogens (tertiary/aromatic N) is 3. The predicted octanol–water partition coefficient (Wildman–Crippen LogP) is 4.39. The lowest BCUT2D eigenvalue weighted by atomic mass is 9.90. The molecule has 2 amide bonds. The molecule has 8 nitrogen and oxygen atoms in total. The van der Waals surface area contributed by atoms with Crippen LogP contribution in [-0.2, 0) is 6.54 Å². The molecule has 1 fully saturated rings. The number of halogens is 1. The number of hydrogen-bond acceptors (Lipinski definition) is 4. The third-order valence-electron chi connectivity index (χ3n) is 6.37. The van der Waals surface area contributed by atoms with Crippen molar-refractivity contribution in [3.63, 3.8) is 0 Å². The summed E-state index contributed by atoms with van der Waals surface area (Å²) in [6.07, 6.45) is 2.63. The van der Waals surface area contributed by atoms with E-state index in [0.717, 1.165) is 30.6 Å². The Morgan fingerprint density at radius 2 is 1.97 bits per heavy atom. The van der Waals surface area contributed by atoms with Gasteiger partial charge in [-0.1, -0.05) is 43.6 Å². The van der Waals surface area contributed by atoms with Crippen LogP contribution in [0, 0.1) is 5.92 Å². The first-order valence-corrected chi connectivity index (χ1v) is 12.4. The number of aromatic nitrogens is 2. The van der Waals surface area contributed by atoms with Crippen LogP contribution in [0.4, 0.5) is 4.79 Å². The summed E-state index contributed by atoms with van der Waals surface area (Å²) in [6.45, 7) is 6.94. The van der Waals surface area contributed by atoms with Gasteiger partial charge in [0.15, 0.2) is 0 Å². The molecule has 1 aliphatic rings. The SMILES string of the molecule is CC(C)CC(CNC(=O)c1cccc2nc(CN3CCC(NC(=O)O)C3)cn12)c1ccc(Cl)cc1. The highest BCUT2D eigenvalue weighted by molar-refractivity contribution is 6.30. The molecular weight excluding hydrogens is 466 g/mol. The van der Waals surface area contributed by atoms with Crippen LogP contribution < -0.4 is 10.6 Å². The van der Waals surface area contributed by atoms with Crippen LogP contribution in [0.1, 0.15) is 54.4 Å². The van der Waals surface area contributed by atoms with Gasteiger partial charge in [-0.25, -0.2) is 9.78 Å². The van der Waals surface area contributed by atoms with Gasteiger partial charge in [0.1, 0.15) is 11.3 Å². The molecule has 35 heavy (non-hydrogen) atoms. The Balaban J connectivity index is 1.44. The summed E-state index contributed by atoms with van der Waals surface area (Å²) in [6, 6.07) is 13.3. The zero-order valence-electron chi connectivity index (χ0n) is 20.1. The summed E-state index contributed by atoms with van der Waals surface area (Å²) in [5.74, 6) is 0.536. The Morgan fingerprint density at radius 1 is 1.20 bits per heavy atom. The van der Waals surface area contributed by atoms with Crippen molar-refractivity contribution < 1.29 is 14.7 Å². The maximum absolute atomic E-state index is 13.2. The van der Waals surface area contributed by atoms with Gasteiger partial charge in [0, 0.05) is 49.4 Å². The summed E-state index contributed by atoms with van der Waals surface area (Å²) in [4.78, 5) is 30.9. The van der Waals surface area contributed by atoms with Crippen LogP contribution in [0.25, 0.3) is 5.65 Å². The van der Waals surface area contributed by atoms with Crippen LogP contribution in [-0.4, -0.2) is 57.1 Å². The number of imidazole rings is 1. The van der Waals surface area contributed by atoms with Crippen LogP contribution in [0.5, 0.6) is 0 Å². The average molecular weight is 498 g/mol. The number of amides is 2. The zero-order valence-corrected chi connectivity index (χ0v) is 20.8. The van der Waals surface area contributed by atoms with Crippen LogP contribution in [0.2, 0.25) is 5.02 Å². The lowest BCUT2D eigenvalue weighted by Crippen LogP contribution is -2.35. The summed E-state index contributed by atoms with van der Waals surface area (Å²) < 4.78 is 1.83. The van der Waals surface area contributed by atoms with Crippen molar-refractivity contribution in [2.24, 2.45) is 5.92 Å². The van der Waals surface area contributed by atoms with Crippen molar-refractivity contribution >= 4 is 29.2 Å². The van der Waals surface area contributed by atoms with E-state index in [2.05, 4.69) is 34.4 Å². The number of benzene rings is 1. The Labute approximate surface area is 210 Å². The van der Waals surface area contributed by atoms with E-state index in [1.54, 1.807) is 6.07 Å². The van der Waals surface area contributed by atoms with Gasteiger partial charge in [0.2, 0.25) is 0 Å². The van der Waals surface area contributed by atoms with Crippen molar-refractivity contribution in [2.75, 3.05) is 19.6 Å². The van der Waals surface area contributed by atoms with Gasteiger partial charge in [-0.15, -0.1) is 0 Å². The number of fused-ring (bicyclic) bond motifs is 1. The topological polar surface area (TPSA) is 99.0 Å². The molecule has 3 heterocycles. The molecule has 0 aliphatic carbocycles. The highest BCUT2D eigenvalue weighted by Gasteiger charge is 2.24. The molecule has 9 heteroatoms. The van der Waals surface area contributed by atoms with Crippen molar-refractivity contribution in [2.45, 2.75) is 45.2 Å². The average Bonchev–Trinajstić information content (AvgIpc) is 3.42. The highest BCUT2D eigenvalue weighted by Crippen LogP contribution is 2.25. The van der Waals surface area contributed by atoms with Gasteiger partial charge in [-0.05, 0) is 48.6 Å². The standard InChI is InChI=1S/C26H32ClN5O3/c1-17(2)12-19(18-6-8-20(27)9-7-18)13-28-25(33)23-4-3-5-24-29-22(16-32(23)24)15-31-11-10-21(14-31)30-26(34)35/h3-9,16-17,19,21,30H,10-15H2,1-2H3,(H,28,33)(H,34,35). The summed E-state index contributed by atoms with van der Waals surface area (Å²) in [5.41, 5.74) is 3.25. The molecular formula is C26H32ClN5O3. The Hall–Kier alpha value is -3.10. The lowest BCUT2D eigenvalue weighted by molar-refractivity contribution is 0.0943. The molecule has 2 atom stereocenters. The van der Waals surface area contributed by atoms with E-state index < -0.39 is 6.09 Å². The van der Waals surface area contributed by atoms with Crippen molar-refractivity contribution in [3.05, 3.63) is 70.6 Å². The molecule has 0 spiro atoms. The molecule has 2 unspecified atom stereocenters. The molecule has 0 radical (unpaired) electrons. The van der Waals surface area contributed by atoms with Gasteiger partial charge in [-0.2, -0.15) is 0 Å². The molecule has 1 aliphatic heterocycles. The van der Waals surface area contributed by atoms with Gasteiger partial charge in [-0.3, -0.25) is 14.1 Å². The van der Waals surface area contributed by atoms with Gasteiger partial charge < -0.3 is 15.7 Å². The predicted molar refractivity (Wildman–Crippen MR) is 136 cm³/mol. The minimum atomic E-state index is -0.994. The van der Waals surface area contributed by atoms with Crippen molar-refractivity contribution in [1.82, 2.24) is 24.9 Å². The normalized spacial score (nSPS) is 17.1. The van der Waals surface area contributed by atoms with Crippen LogP contribution >= 0.6 is 11.6 Å². The Morgan fingerprint density at radius 3 is 2.69 bits per heavy atom. The van der Waals surface area contributed by atoms with E-state index in [1.807, 2.05) is 47.0 Å². The molecule has 3 aromatic rings. The van der Waals surface area contributed by atoms with Crippen molar-refractivity contribution in [1.29, 1.82) is 0 Å². The van der Waals surface area contributed by atoms with Crippen LogP contribution in [0.3, 0.4) is 0 Å². The number of nitrogens with one attached hydrogen (secondary N) is 2. The molecule has 2 aromatic heterocycles. The smallest absolute Gasteiger partial charge is 0.404 e. The quantitative estimate of drug-likeness (QED) is 0.407. The maximum atomic E-state index is 13.2. The number of rotatable bonds is 9. The molecule has 1 saturated heterocycles. The summed E-state index contributed by atoms with van der Waals surface area (Å²) >= 11 is 6.06. The summed E-state index contributed by atoms with van der Waals surface area (Å²) in [7, 11) is 0. The molecule has 4 rings (SSSR count). The second-order valence-electron chi connectivity index (χ2n) is 9.63. The monoisotopic (exact) mass is 497 g/mol. The van der Waals surface area contributed by atoms with E-state index in [1.165, 1.54) is 0 Å². The number of carboxylic acid groups (broad SMARTS) is 1. The number of likely N-dealkylation sites (tertiary alicyclic amines) is 1. The number of carbonyl (C=O) groups excluding carboxylic acids is 1. The minimum absolute atomic E-state index is 0.0645. The highest BCUT2D eigenvalue weighted by atomic mass is 35.5. The molecule has 3 N–H and O–H groups in total. The number of carbonyl (C=O) groups is 2. The first-order chi connectivity index (χ1) is 16.8. The second-order valence-corrected chi connectivity index (χ2v) is 10.1. The second kappa shape index (κ2) is 11.1. The molecule has 186 valence electrons. The van der Waals surface area contributed by atoms with E-state index in [0.29, 0.717) is 41.9 Å². The minimum Gasteiger partial charge on any atom is -0.465 e. The zero-order chi connectivity index (χ0) is 24.9. The van der Waals surface area contributed by atoms with E-state index in [4.69, 9.17) is 16.7 Å². The van der Waals surface area contributed by atoms with E-state index in [9.17, 15) is 9.59 Å². The van der Waals surface area contributed by atoms with Gasteiger partial charge >= 0.3 is 6.09 Å². The van der Waals surface area contributed by atoms with E-state index >= 15 is 0 Å². The Kier molecular flexibility index (Phi) is 7.93. The lowest BCUT2D eigenvalue weighted by Gasteiger charge is -2.20. The fourth-order valence-electron chi connectivity index (χ4n) is 4.77. The number of pyridine rings is 1. The Bertz CT molecular complexity index is 1180. The largest absolute Gasteiger partial charge is 0.465 e. The fraction of sp³-hybridized carbons (Fsp3) is 0.423. The molecule has 1 aromatic carbocycles. The first kappa shape index (κ1) is 25.0. The number of hydrogen-bond donors (Lipinski definition) is 3. The maximum Gasteiger partial charge on any atom is 0.404 e. The van der Waals surface area contributed by atoms with Gasteiger partial charge in [0.05, 0.1) is 5.69 Å². The van der Waals surface area contributed by atoms with Gasteiger partial charge in [0.25, 0.3) is 5.91 Å².